The van der Waals surface area contributed by atoms with Gasteiger partial charge in [0.15, 0.2) is 0 Å². The van der Waals surface area contributed by atoms with Crippen molar-refractivity contribution in [1.29, 1.82) is 5.26 Å². The number of fused-ring (bicyclic) bond motifs is 3. The van der Waals surface area contributed by atoms with Crippen molar-refractivity contribution in [3.05, 3.63) is 102 Å². The predicted octanol–water partition coefficient (Wildman–Crippen LogP) is 5.96. The van der Waals surface area contributed by atoms with Crippen LogP contribution in [-0.4, -0.2) is 48.5 Å². The van der Waals surface area contributed by atoms with E-state index in [0.29, 0.717) is 6.04 Å². The molecule has 5 aromatic rings. The van der Waals surface area contributed by atoms with Crippen LogP contribution in [0.1, 0.15) is 36.2 Å². The summed E-state index contributed by atoms with van der Waals surface area (Å²) in [5, 5.41) is 12.5. The second kappa shape index (κ2) is 11.6. The molecule has 0 atom stereocenters. The quantitative estimate of drug-likeness (QED) is 0.278. The lowest BCUT2D eigenvalue weighted by atomic mass is 10.0. The second-order valence-electron chi connectivity index (χ2n) is 11.1. The minimum atomic E-state index is 0.199. The molecule has 208 valence electrons. The number of imidazole rings is 1. The second-order valence-corrected chi connectivity index (χ2v) is 11.1. The molecular formula is C34H32N8. The molecule has 7 rings (SSSR count). The van der Waals surface area contributed by atoms with Crippen LogP contribution in [0.2, 0.25) is 0 Å². The molecule has 3 aromatic heterocycles. The van der Waals surface area contributed by atoms with Gasteiger partial charge in [-0.05, 0) is 48.9 Å². The van der Waals surface area contributed by atoms with Gasteiger partial charge in [-0.25, -0.2) is 15.0 Å². The molecule has 1 saturated heterocycles. The van der Waals surface area contributed by atoms with E-state index in [9.17, 15) is 0 Å². The fourth-order valence-electron chi connectivity index (χ4n) is 6.20. The number of benzene rings is 2. The number of nitrogens with zero attached hydrogens (tertiary/aromatic N) is 7. The van der Waals surface area contributed by atoms with Gasteiger partial charge in [-0.15, -0.1) is 0 Å². The molecule has 0 bridgehead atoms. The molecule has 8 heteroatoms. The van der Waals surface area contributed by atoms with Crippen LogP contribution in [0.3, 0.4) is 0 Å². The van der Waals surface area contributed by atoms with Crippen LogP contribution in [-0.2, 0) is 19.5 Å². The minimum Gasteiger partial charge on any atom is -0.367 e. The summed E-state index contributed by atoms with van der Waals surface area (Å²) in [6.45, 7) is 3.87. The highest BCUT2D eigenvalue weighted by Gasteiger charge is 2.25. The minimum absolute atomic E-state index is 0.199. The molecule has 0 unspecified atom stereocenters. The number of hydrogen-bond acceptors (Lipinski definition) is 7. The number of anilines is 1. The van der Waals surface area contributed by atoms with Gasteiger partial charge in [-0.1, -0.05) is 54.6 Å². The van der Waals surface area contributed by atoms with Gasteiger partial charge in [-0.3, -0.25) is 9.88 Å². The van der Waals surface area contributed by atoms with E-state index in [4.69, 9.17) is 10.2 Å². The molecule has 0 aliphatic carbocycles. The zero-order valence-electron chi connectivity index (χ0n) is 23.4. The van der Waals surface area contributed by atoms with Crippen molar-refractivity contribution >= 4 is 5.82 Å². The van der Waals surface area contributed by atoms with E-state index >= 15 is 0 Å². The van der Waals surface area contributed by atoms with Crippen molar-refractivity contribution in [1.82, 2.24) is 29.4 Å². The first-order chi connectivity index (χ1) is 20.7. The Kier molecular flexibility index (Phi) is 7.17. The van der Waals surface area contributed by atoms with E-state index in [1.165, 1.54) is 22.4 Å². The van der Waals surface area contributed by atoms with Crippen molar-refractivity contribution in [3.8, 4) is 40.0 Å². The van der Waals surface area contributed by atoms with Gasteiger partial charge >= 0.3 is 0 Å². The largest absolute Gasteiger partial charge is 0.367 e. The van der Waals surface area contributed by atoms with Crippen LogP contribution in [0.5, 0.6) is 0 Å². The molecule has 0 saturated carbocycles. The average molecular weight is 553 g/mol. The monoisotopic (exact) mass is 552 g/mol. The molecular weight excluding hydrogens is 520 g/mol. The lowest BCUT2D eigenvalue weighted by Gasteiger charge is -2.32. The summed E-state index contributed by atoms with van der Waals surface area (Å²) < 4.78 is 2.40. The van der Waals surface area contributed by atoms with Gasteiger partial charge in [0.05, 0.1) is 11.4 Å². The summed E-state index contributed by atoms with van der Waals surface area (Å²) in [7, 11) is 0. The van der Waals surface area contributed by atoms with Crippen LogP contribution in [0.4, 0.5) is 5.82 Å². The maximum absolute atomic E-state index is 9.06. The third kappa shape index (κ3) is 5.27. The molecule has 0 spiro atoms. The molecule has 42 heavy (non-hydrogen) atoms. The average Bonchev–Trinajstić information content (AvgIpc) is 3.32. The van der Waals surface area contributed by atoms with Gasteiger partial charge in [0.25, 0.3) is 0 Å². The molecule has 0 radical (unpaired) electrons. The molecule has 2 aromatic carbocycles. The number of nitriles is 1. The van der Waals surface area contributed by atoms with Crippen LogP contribution >= 0.6 is 0 Å². The van der Waals surface area contributed by atoms with Gasteiger partial charge in [0.1, 0.15) is 17.7 Å². The number of aryl methyl sites for hydroxylation is 1. The molecule has 8 nitrogen and oxygen atoms in total. The SMILES string of the molecule is N#Cc1nccc(NC2CCN(Cc3ccc(-c4nc5n(c4-c4ccccc4)CCCc4ccncc4-5)cc3)CC2)n1. The number of rotatable bonds is 6. The number of likely N-dealkylation sites (tertiary alicyclic amines) is 1. The van der Waals surface area contributed by atoms with Crippen molar-refractivity contribution < 1.29 is 0 Å². The standard InChI is InChI=1S/C34H32N8/c35-21-31-37-17-13-30(39-31)38-28-14-19-41(20-15-28)23-24-8-10-26(11-9-24)32-33(27-5-2-1-3-6-27)42-18-4-7-25-12-16-36-22-29(25)34(42)40-32/h1-3,5-6,8-13,16-17,22,28H,4,7,14-15,18-20,23H2,(H,37,38,39). The highest BCUT2D eigenvalue weighted by atomic mass is 15.2. The maximum atomic E-state index is 9.06. The van der Waals surface area contributed by atoms with Crippen LogP contribution < -0.4 is 5.32 Å². The molecule has 1 N–H and O–H groups in total. The molecule has 5 heterocycles. The van der Waals surface area contributed by atoms with E-state index in [-0.39, 0.29) is 5.82 Å². The van der Waals surface area contributed by atoms with Gasteiger partial charge in [0, 0.05) is 67.5 Å². The first kappa shape index (κ1) is 26.1. The zero-order valence-corrected chi connectivity index (χ0v) is 23.4. The first-order valence-electron chi connectivity index (χ1n) is 14.7. The Hall–Kier alpha value is -4.87. The first-order valence-corrected chi connectivity index (χ1v) is 14.7. The van der Waals surface area contributed by atoms with Crippen LogP contribution in [0, 0.1) is 11.3 Å². The Morgan fingerprint density at radius 1 is 0.881 bits per heavy atom. The van der Waals surface area contributed by atoms with Crippen LogP contribution in [0.15, 0.2) is 85.3 Å². The summed E-state index contributed by atoms with van der Waals surface area (Å²) in [5.74, 6) is 1.93. The van der Waals surface area contributed by atoms with Crippen molar-refractivity contribution in [2.75, 3.05) is 18.4 Å². The van der Waals surface area contributed by atoms with E-state index < -0.39 is 0 Å². The third-order valence-corrected chi connectivity index (χ3v) is 8.32. The topological polar surface area (TPSA) is 95.6 Å². The van der Waals surface area contributed by atoms with E-state index in [0.717, 1.165) is 80.3 Å². The van der Waals surface area contributed by atoms with Gasteiger partial charge in [-0.2, -0.15) is 5.26 Å². The normalized spacial score (nSPS) is 15.3. The Morgan fingerprint density at radius 2 is 1.71 bits per heavy atom. The number of aromatic nitrogens is 5. The van der Waals surface area contributed by atoms with E-state index in [2.05, 4.69) is 90.4 Å². The lowest BCUT2D eigenvalue weighted by Crippen LogP contribution is -2.38. The van der Waals surface area contributed by atoms with Gasteiger partial charge in [0.2, 0.25) is 5.82 Å². The summed E-state index contributed by atoms with van der Waals surface area (Å²) in [5.41, 5.74) is 8.27. The summed E-state index contributed by atoms with van der Waals surface area (Å²) in [4.78, 5) is 20.4. The van der Waals surface area contributed by atoms with Crippen LogP contribution in [0.25, 0.3) is 33.9 Å². The Morgan fingerprint density at radius 3 is 2.52 bits per heavy atom. The lowest BCUT2D eigenvalue weighted by molar-refractivity contribution is 0.211. The Bertz CT molecular complexity index is 1730. The fourth-order valence-corrected chi connectivity index (χ4v) is 6.20. The summed E-state index contributed by atoms with van der Waals surface area (Å²) in [6, 6.07) is 25.9. The van der Waals surface area contributed by atoms with Crippen molar-refractivity contribution in [3.63, 3.8) is 0 Å². The third-order valence-electron chi connectivity index (χ3n) is 8.32. The summed E-state index contributed by atoms with van der Waals surface area (Å²) >= 11 is 0. The highest BCUT2D eigenvalue weighted by Crippen LogP contribution is 2.39. The Balaban J connectivity index is 1.09. The zero-order chi connectivity index (χ0) is 28.3. The Labute approximate surface area is 245 Å². The number of piperidine rings is 1. The molecule has 2 aliphatic heterocycles. The molecule has 1 fully saturated rings. The van der Waals surface area contributed by atoms with E-state index in [1.54, 1.807) is 6.20 Å². The van der Waals surface area contributed by atoms with Crippen molar-refractivity contribution in [2.24, 2.45) is 0 Å². The molecule has 0 amide bonds. The van der Waals surface area contributed by atoms with Crippen molar-refractivity contribution in [2.45, 2.75) is 44.8 Å². The number of hydrogen-bond donors (Lipinski definition) is 1. The highest BCUT2D eigenvalue weighted by molar-refractivity contribution is 5.82. The number of nitrogens with one attached hydrogen (secondary N) is 1. The van der Waals surface area contributed by atoms with Gasteiger partial charge < -0.3 is 9.88 Å². The molecule has 2 aliphatic rings. The smallest absolute Gasteiger partial charge is 0.234 e. The maximum Gasteiger partial charge on any atom is 0.234 e. The fraction of sp³-hybridized carbons (Fsp3) is 0.265. The summed E-state index contributed by atoms with van der Waals surface area (Å²) in [6.07, 6.45) is 9.66. The van der Waals surface area contributed by atoms with E-state index in [1.807, 2.05) is 24.5 Å². The number of pyridine rings is 1. The predicted molar refractivity (Wildman–Crippen MR) is 163 cm³/mol.